The van der Waals surface area contributed by atoms with Crippen LogP contribution < -0.4 is 10.9 Å². The second kappa shape index (κ2) is 7.02. The molecule has 0 spiro atoms. The first-order valence-electron chi connectivity index (χ1n) is 9.14. The summed E-state index contributed by atoms with van der Waals surface area (Å²) in [5.74, 6) is 0.636. The molecule has 2 aliphatic rings. The Morgan fingerprint density at radius 2 is 1.88 bits per heavy atom. The van der Waals surface area contributed by atoms with Crippen molar-refractivity contribution >= 4 is 11.8 Å². The smallest absolute Gasteiger partial charge is 0.263 e. The van der Waals surface area contributed by atoms with Crippen molar-refractivity contribution < 1.29 is 9.59 Å². The molecule has 0 unspecified atom stereocenters. The molecule has 1 heterocycles. The van der Waals surface area contributed by atoms with E-state index in [1.807, 2.05) is 13.8 Å². The first-order chi connectivity index (χ1) is 11.9. The van der Waals surface area contributed by atoms with E-state index in [1.165, 1.54) is 4.57 Å². The monoisotopic (exact) mass is 345 g/mol. The SMILES string of the molecule is C[C@@H](NC(=O)Cn1cccc(C(=O)N(C)[C@@H](C)C2CC2)c1=O)C1CC1. The molecule has 0 radical (unpaired) electrons. The first-order valence-corrected chi connectivity index (χ1v) is 9.14. The summed E-state index contributed by atoms with van der Waals surface area (Å²) in [4.78, 5) is 39.1. The number of carbonyl (C=O) groups excluding carboxylic acids is 2. The summed E-state index contributed by atoms with van der Waals surface area (Å²) in [7, 11) is 1.74. The minimum Gasteiger partial charge on any atom is -0.352 e. The number of amides is 2. The fourth-order valence-electron chi connectivity index (χ4n) is 3.26. The predicted octanol–water partition coefficient (Wildman–Crippen LogP) is 1.63. The first kappa shape index (κ1) is 17.7. The van der Waals surface area contributed by atoms with Gasteiger partial charge in [0, 0.05) is 25.3 Å². The lowest BCUT2D eigenvalue weighted by Gasteiger charge is -2.24. The summed E-state index contributed by atoms with van der Waals surface area (Å²) < 4.78 is 1.32. The topological polar surface area (TPSA) is 71.4 Å². The van der Waals surface area contributed by atoms with Gasteiger partial charge in [-0.15, -0.1) is 0 Å². The summed E-state index contributed by atoms with van der Waals surface area (Å²) in [5, 5.41) is 2.94. The van der Waals surface area contributed by atoms with E-state index < -0.39 is 5.56 Å². The third-order valence-electron chi connectivity index (χ3n) is 5.52. The van der Waals surface area contributed by atoms with Gasteiger partial charge in [0.15, 0.2) is 0 Å². The molecule has 136 valence electrons. The number of hydrogen-bond acceptors (Lipinski definition) is 3. The van der Waals surface area contributed by atoms with Gasteiger partial charge in [0.2, 0.25) is 5.91 Å². The molecule has 3 rings (SSSR count). The number of aromatic nitrogens is 1. The van der Waals surface area contributed by atoms with Crippen LogP contribution in [-0.2, 0) is 11.3 Å². The van der Waals surface area contributed by atoms with Crippen molar-refractivity contribution in [1.82, 2.24) is 14.8 Å². The summed E-state index contributed by atoms with van der Waals surface area (Å²) >= 11 is 0. The highest BCUT2D eigenvalue weighted by atomic mass is 16.2. The maximum absolute atomic E-state index is 12.7. The zero-order valence-electron chi connectivity index (χ0n) is 15.2. The highest BCUT2D eigenvalue weighted by Gasteiger charge is 2.33. The standard InChI is InChI=1S/C19H27N3O3/c1-12(14-6-7-14)20-17(23)11-22-10-4-5-16(19(22)25)18(24)21(3)13(2)15-8-9-15/h4-5,10,12-15H,6-9,11H2,1-3H3,(H,20,23)/t12-,13+/m1/s1. The van der Waals surface area contributed by atoms with Gasteiger partial charge in [-0.05, 0) is 63.5 Å². The van der Waals surface area contributed by atoms with E-state index >= 15 is 0 Å². The average Bonchev–Trinajstić information content (AvgIpc) is 3.47. The van der Waals surface area contributed by atoms with Crippen LogP contribution in [0.15, 0.2) is 23.1 Å². The van der Waals surface area contributed by atoms with Crippen molar-refractivity contribution in [1.29, 1.82) is 0 Å². The van der Waals surface area contributed by atoms with Gasteiger partial charge in [-0.2, -0.15) is 0 Å². The molecule has 6 nitrogen and oxygen atoms in total. The largest absolute Gasteiger partial charge is 0.352 e. The molecule has 1 aromatic heterocycles. The Morgan fingerprint density at radius 3 is 2.48 bits per heavy atom. The van der Waals surface area contributed by atoms with Gasteiger partial charge in [-0.25, -0.2) is 0 Å². The van der Waals surface area contributed by atoms with Crippen LogP contribution in [0.25, 0.3) is 0 Å². The third-order valence-corrected chi connectivity index (χ3v) is 5.52. The summed E-state index contributed by atoms with van der Waals surface area (Å²) in [6.45, 7) is 3.95. The summed E-state index contributed by atoms with van der Waals surface area (Å²) in [6, 6.07) is 3.46. The lowest BCUT2D eigenvalue weighted by molar-refractivity contribution is -0.122. The second-order valence-corrected chi connectivity index (χ2v) is 7.54. The lowest BCUT2D eigenvalue weighted by atomic mass is 10.1. The molecule has 2 aliphatic carbocycles. The number of pyridine rings is 1. The normalized spacial score (nSPS) is 19.2. The molecular weight excluding hydrogens is 318 g/mol. The summed E-state index contributed by atoms with van der Waals surface area (Å²) in [6.07, 6.45) is 6.13. The maximum Gasteiger partial charge on any atom is 0.263 e. The third kappa shape index (κ3) is 4.11. The van der Waals surface area contributed by atoms with E-state index in [4.69, 9.17) is 0 Å². The molecule has 2 atom stereocenters. The average molecular weight is 345 g/mol. The Bertz CT molecular complexity index is 719. The van der Waals surface area contributed by atoms with Crippen LogP contribution in [0.3, 0.4) is 0 Å². The molecule has 2 fully saturated rings. The van der Waals surface area contributed by atoms with Crippen LogP contribution >= 0.6 is 0 Å². The lowest BCUT2D eigenvalue weighted by Crippen LogP contribution is -2.42. The van der Waals surface area contributed by atoms with Crippen molar-refractivity contribution in [2.45, 2.75) is 58.2 Å². The minimum atomic E-state index is -0.406. The van der Waals surface area contributed by atoms with E-state index in [2.05, 4.69) is 5.32 Å². The van der Waals surface area contributed by atoms with Crippen molar-refractivity contribution in [3.8, 4) is 0 Å². The van der Waals surface area contributed by atoms with Gasteiger partial charge in [0.25, 0.3) is 11.5 Å². The van der Waals surface area contributed by atoms with Gasteiger partial charge < -0.3 is 14.8 Å². The quantitative estimate of drug-likeness (QED) is 0.816. The number of nitrogens with zero attached hydrogens (tertiary/aromatic N) is 2. The van der Waals surface area contributed by atoms with Crippen LogP contribution in [-0.4, -0.2) is 40.4 Å². The van der Waals surface area contributed by atoms with Gasteiger partial charge in [0.1, 0.15) is 12.1 Å². The van der Waals surface area contributed by atoms with Crippen molar-refractivity contribution in [3.63, 3.8) is 0 Å². The zero-order valence-corrected chi connectivity index (χ0v) is 15.2. The van der Waals surface area contributed by atoms with Gasteiger partial charge in [-0.1, -0.05) is 0 Å². The number of rotatable bonds is 7. The number of nitrogens with one attached hydrogen (secondary N) is 1. The zero-order chi connectivity index (χ0) is 18.1. The molecule has 1 aromatic rings. The highest BCUT2D eigenvalue weighted by molar-refractivity contribution is 5.94. The fraction of sp³-hybridized carbons (Fsp3) is 0.632. The second-order valence-electron chi connectivity index (χ2n) is 7.54. The van der Waals surface area contributed by atoms with Crippen LogP contribution in [0, 0.1) is 11.8 Å². The minimum absolute atomic E-state index is 0.0566. The number of hydrogen-bond donors (Lipinski definition) is 1. The predicted molar refractivity (Wildman–Crippen MR) is 95.3 cm³/mol. The fourth-order valence-corrected chi connectivity index (χ4v) is 3.26. The number of carbonyl (C=O) groups is 2. The molecular formula is C19H27N3O3. The van der Waals surface area contributed by atoms with Crippen LogP contribution in [0.2, 0.25) is 0 Å². The van der Waals surface area contributed by atoms with E-state index in [-0.39, 0.29) is 36.0 Å². The molecule has 0 bridgehead atoms. The Hall–Kier alpha value is -2.11. The Balaban J connectivity index is 1.69. The molecule has 2 saturated carbocycles. The molecule has 25 heavy (non-hydrogen) atoms. The van der Waals surface area contributed by atoms with Crippen LogP contribution in [0.5, 0.6) is 0 Å². The Kier molecular flexibility index (Phi) is 4.97. The Morgan fingerprint density at radius 1 is 1.24 bits per heavy atom. The highest BCUT2D eigenvalue weighted by Crippen LogP contribution is 2.35. The van der Waals surface area contributed by atoms with Crippen molar-refractivity contribution in [3.05, 3.63) is 34.2 Å². The van der Waals surface area contributed by atoms with E-state index in [9.17, 15) is 14.4 Å². The molecule has 0 aromatic carbocycles. The maximum atomic E-state index is 12.7. The van der Waals surface area contributed by atoms with Crippen molar-refractivity contribution in [2.75, 3.05) is 7.05 Å². The van der Waals surface area contributed by atoms with E-state index in [0.717, 1.165) is 25.7 Å². The molecule has 0 aliphatic heterocycles. The molecule has 2 amide bonds. The van der Waals surface area contributed by atoms with E-state index in [1.54, 1.807) is 30.3 Å². The molecule has 1 N–H and O–H groups in total. The van der Waals surface area contributed by atoms with E-state index in [0.29, 0.717) is 11.8 Å². The van der Waals surface area contributed by atoms with Crippen LogP contribution in [0.4, 0.5) is 0 Å². The summed E-state index contributed by atoms with van der Waals surface area (Å²) in [5.41, 5.74) is -0.280. The van der Waals surface area contributed by atoms with Gasteiger partial charge >= 0.3 is 0 Å². The molecule has 0 saturated heterocycles. The van der Waals surface area contributed by atoms with Gasteiger partial charge in [-0.3, -0.25) is 14.4 Å². The van der Waals surface area contributed by atoms with Crippen molar-refractivity contribution in [2.24, 2.45) is 11.8 Å². The van der Waals surface area contributed by atoms with Crippen LogP contribution in [0.1, 0.15) is 49.9 Å². The molecule has 6 heteroatoms. The Labute approximate surface area is 148 Å². The van der Waals surface area contributed by atoms with Gasteiger partial charge in [0.05, 0.1) is 0 Å².